The lowest BCUT2D eigenvalue weighted by molar-refractivity contribution is 0.0207. The molecule has 2 fully saturated rings. The number of ether oxygens (including phenoxy) is 1. The van der Waals surface area contributed by atoms with E-state index < -0.39 is 5.60 Å². The lowest BCUT2D eigenvalue weighted by Crippen LogP contribution is -2.40. The van der Waals surface area contributed by atoms with E-state index in [1.54, 1.807) is 4.90 Å². The van der Waals surface area contributed by atoms with Crippen LogP contribution in [0.1, 0.15) is 27.2 Å². The second-order valence-corrected chi connectivity index (χ2v) is 5.74. The first-order valence-electron chi connectivity index (χ1n) is 5.86. The Kier molecular flexibility index (Phi) is 2.61. The number of amides is 1. The van der Waals surface area contributed by atoms with E-state index in [1.807, 2.05) is 20.8 Å². The van der Waals surface area contributed by atoms with Crippen molar-refractivity contribution in [2.24, 2.45) is 17.8 Å². The van der Waals surface area contributed by atoms with Crippen LogP contribution in [0.15, 0.2) is 0 Å². The van der Waals surface area contributed by atoms with E-state index in [2.05, 4.69) is 5.92 Å². The van der Waals surface area contributed by atoms with E-state index in [1.165, 1.54) is 0 Å². The summed E-state index contributed by atoms with van der Waals surface area (Å²) >= 11 is 0. The number of likely N-dealkylation sites (tertiary alicyclic amines) is 1. The van der Waals surface area contributed by atoms with E-state index in [0.29, 0.717) is 17.8 Å². The molecular formula is C13H19NO2. The van der Waals surface area contributed by atoms with Gasteiger partial charge in [-0.05, 0) is 39.0 Å². The van der Waals surface area contributed by atoms with Gasteiger partial charge in [0.05, 0.1) is 0 Å². The largest absolute Gasteiger partial charge is 0.444 e. The van der Waals surface area contributed by atoms with E-state index in [9.17, 15) is 4.79 Å². The molecule has 0 spiro atoms. The average Bonchev–Trinajstić information content (AvgIpc) is 2.86. The molecule has 3 atom stereocenters. The number of carbonyl (C=O) groups excluding carboxylic acids is 1. The lowest BCUT2D eigenvalue weighted by atomic mass is 10.1. The Hall–Kier alpha value is -1.17. The molecule has 0 radical (unpaired) electrons. The van der Waals surface area contributed by atoms with Crippen LogP contribution in [-0.4, -0.2) is 29.7 Å². The SMILES string of the molecule is C#C[C@@H]1[C@H]2CCN(C(=O)OC(C)(C)C)C[C@@H]12. The summed E-state index contributed by atoms with van der Waals surface area (Å²) < 4.78 is 5.35. The highest BCUT2D eigenvalue weighted by molar-refractivity contribution is 5.68. The highest BCUT2D eigenvalue weighted by Crippen LogP contribution is 2.51. The summed E-state index contributed by atoms with van der Waals surface area (Å²) in [4.78, 5) is 13.6. The highest BCUT2D eigenvalue weighted by atomic mass is 16.6. The molecule has 0 unspecified atom stereocenters. The van der Waals surface area contributed by atoms with Crippen LogP contribution in [0, 0.1) is 30.1 Å². The van der Waals surface area contributed by atoms with Gasteiger partial charge in [0.1, 0.15) is 5.60 Å². The van der Waals surface area contributed by atoms with Gasteiger partial charge in [0, 0.05) is 19.0 Å². The average molecular weight is 221 g/mol. The van der Waals surface area contributed by atoms with Crippen LogP contribution in [0.4, 0.5) is 4.79 Å². The van der Waals surface area contributed by atoms with Gasteiger partial charge in [-0.25, -0.2) is 4.79 Å². The van der Waals surface area contributed by atoms with Crippen molar-refractivity contribution >= 4 is 6.09 Å². The minimum atomic E-state index is -0.414. The van der Waals surface area contributed by atoms with Crippen molar-refractivity contribution in [3.63, 3.8) is 0 Å². The third-order valence-electron chi connectivity index (χ3n) is 3.34. The molecule has 0 N–H and O–H groups in total. The molecule has 0 bridgehead atoms. The topological polar surface area (TPSA) is 29.5 Å². The molecular weight excluding hydrogens is 202 g/mol. The van der Waals surface area contributed by atoms with Gasteiger partial charge in [0.25, 0.3) is 0 Å². The number of hydrogen-bond acceptors (Lipinski definition) is 2. The zero-order valence-electron chi connectivity index (χ0n) is 10.2. The number of hydrogen-bond donors (Lipinski definition) is 0. The standard InChI is InChI=1S/C13H19NO2/c1-5-9-10-6-7-14(8-11(9)10)12(15)16-13(2,3)4/h1,9-11H,6-8H2,2-4H3/t9-,10-,11+/m1/s1. The summed E-state index contributed by atoms with van der Waals surface area (Å²) in [5.74, 6) is 4.38. The maximum Gasteiger partial charge on any atom is 0.410 e. The predicted octanol–water partition coefficient (Wildman–Crippen LogP) is 2.12. The quantitative estimate of drug-likeness (QED) is 0.586. The van der Waals surface area contributed by atoms with Crippen molar-refractivity contribution in [1.82, 2.24) is 4.90 Å². The van der Waals surface area contributed by atoms with E-state index >= 15 is 0 Å². The van der Waals surface area contributed by atoms with Gasteiger partial charge in [-0.15, -0.1) is 12.3 Å². The number of terminal acetylenes is 1. The second kappa shape index (κ2) is 3.69. The van der Waals surface area contributed by atoms with Crippen molar-refractivity contribution in [3.05, 3.63) is 0 Å². The van der Waals surface area contributed by atoms with Crippen molar-refractivity contribution in [2.75, 3.05) is 13.1 Å². The Labute approximate surface area is 97.1 Å². The van der Waals surface area contributed by atoms with Crippen molar-refractivity contribution in [1.29, 1.82) is 0 Å². The Morgan fingerprint density at radius 1 is 1.44 bits per heavy atom. The molecule has 0 aromatic carbocycles. The zero-order chi connectivity index (χ0) is 11.9. The van der Waals surface area contributed by atoms with Crippen LogP contribution in [0.25, 0.3) is 0 Å². The fourth-order valence-corrected chi connectivity index (χ4v) is 2.48. The molecule has 88 valence electrons. The monoisotopic (exact) mass is 221 g/mol. The third kappa shape index (κ3) is 2.16. The summed E-state index contributed by atoms with van der Waals surface area (Å²) in [5.41, 5.74) is -0.414. The minimum absolute atomic E-state index is 0.200. The van der Waals surface area contributed by atoms with Crippen LogP contribution in [-0.2, 0) is 4.74 Å². The first-order valence-corrected chi connectivity index (χ1v) is 5.86. The van der Waals surface area contributed by atoms with Crippen molar-refractivity contribution < 1.29 is 9.53 Å². The fraction of sp³-hybridized carbons (Fsp3) is 0.769. The summed E-state index contributed by atoms with van der Waals surface area (Å²) in [5, 5.41) is 0. The molecule has 1 saturated heterocycles. The Balaban J connectivity index is 1.89. The summed E-state index contributed by atoms with van der Waals surface area (Å²) in [6.07, 6.45) is 6.26. The van der Waals surface area contributed by atoms with Gasteiger partial charge in [-0.3, -0.25) is 0 Å². The Morgan fingerprint density at radius 3 is 2.69 bits per heavy atom. The molecule has 2 aliphatic rings. The van der Waals surface area contributed by atoms with Gasteiger partial charge in [-0.2, -0.15) is 0 Å². The van der Waals surface area contributed by atoms with Gasteiger partial charge < -0.3 is 9.64 Å². The highest BCUT2D eigenvalue weighted by Gasteiger charge is 2.52. The molecule has 3 heteroatoms. The molecule has 0 aromatic heterocycles. The zero-order valence-corrected chi connectivity index (χ0v) is 10.2. The lowest BCUT2D eigenvalue weighted by Gasteiger charge is -2.29. The van der Waals surface area contributed by atoms with Crippen LogP contribution in [0.2, 0.25) is 0 Å². The molecule has 1 saturated carbocycles. The maximum absolute atomic E-state index is 11.8. The van der Waals surface area contributed by atoms with Gasteiger partial charge >= 0.3 is 6.09 Å². The number of carbonyl (C=O) groups is 1. The minimum Gasteiger partial charge on any atom is -0.444 e. The van der Waals surface area contributed by atoms with Gasteiger partial charge in [0.15, 0.2) is 0 Å². The van der Waals surface area contributed by atoms with Gasteiger partial charge in [0.2, 0.25) is 0 Å². The predicted molar refractivity (Wildman–Crippen MR) is 61.7 cm³/mol. The first-order chi connectivity index (χ1) is 7.42. The van der Waals surface area contributed by atoms with Crippen molar-refractivity contribution in [3.8, 4) is 12.3 Å². The first kappa shape index (κ1) is 11.3. The van der Waals surface area contributed by atoms with E-state index in [0.717, 1.165) is 19.5 Å². The molecule has 1 heterocycles. The summed E-state index contributed by atoms with van der Waals surface area (Å²) in [6.45, 7) is 7.22. The summed E-state index contributed by atoms with van der Waals surface area (Å²) in [7, 11) is 0. The molecule has 0 aromatic rings. The smallest absolute Gasteiger partial charge is 0.410 e. The Bertz CT molecular complexity index is 337. The fourth-order valence-electron chi connectivity index (χ4n) is 2.48. The van der Waals surface area contributed by atoms with Crippen LogP contribution in [0.3, 0.4) is 0 Å². The van der Waals surface area contributed by atoms with Crippen LogP contribution in [0.5, 0.6) is 0 Å². The number of fused-ring (bicyclic) bond motifs is 1. The molecule has 1 aliphatic carbocycles. The van der Waals surface area contributed by atoms with Crippen molar-refractivity contribution in [2.45, 2.75) is 32.8 Å². The van der Waals surface area contributed by atoms with Crippen LogP contribution >= 0.6 is 0 Å². The molecule has 1 amide bonds. The molecule has 2 rings (SSSR count). The van der Waals surface area contributed by atoms with E-state index in [-0.39, 0.29) is 6.09 Å². The van der Waals surface area contributed by atoms with Crippen LogP contribution < -0.4 is 0 Å². The number of piperidine rings is 1. The molecule has 3 nitrogen and oxygen atoms in total. The van der Waals surface area contributed by atoms with Gasteiger partial charge in [-0.1, -0.05) is 0 Å². The molecule has 16 heavy (non-hydrogen) atoms. The Morgan fingerprint density at radius 2 is 2.12 bits per heavy atom. The maximum atomic E-state index is 11.8. The van der Waals surface area contributed by atoms with E-state index in [4.69, 9.17) is 11.2 Å². The third-order valence-corrected chi connectivity index (χ3v) is 3.34. The second-order valence-electron chi connectivity index (χ2n) is 5.74. The number of nitrogens with zero attached hydrogens (tertiary/aromatic N) is 1. The summed E-state index contributed by atoms with van der Waals surface area (Å²) in [6, 6.07) is 0. The number of rotatable bonds is 0. The normalized spacial score (nSPS) is 32.6. The molecule has 1 aliphatic heterocycles.